The van der Waals surface area contributed by atoms with E-state index in [-0.39, 0.29) is 12.1 Å². The summed E-state index contributed by atoms with van der Waals surface area (Å²) in [5.74, 6) is -0.270. The standard InChI is InChI=1S/C8H10O3/c1-10-7(9)8-4-2-6(11-8)3-5-8/h2,4,6H,3,5H2,1H3. The zero-order valence-electron chi connectivity index (χ0n) is 6.37. The molecule has 0 aliphatic carbocycles. The maximum absolute atomic E-state index is 11.2. The first-order valence-electron chi connectivity index (χ1n) is 3.72. The van der Waals surface area contributed by atoms with E-state index in [0.29, 0.717) is 0 Å². The molecule has 2 unspecified atom stereocenters. The number of hydrogen-bond donors (Lipinski definition) is 0. The summed E-state index contributed by atoms with van der Waals surface area (Å²) in [5.41, 5.74) is -0.723. The Bertz CT molecular complexity index is 221. The third-order valence-electron chi connectivity index (χ3n) is 2.27. The molecule has 1 saturated heterocycles. The van der Waals surface area contributed by atoms with Crippen molar-refractivity contribution < 1.29 is 14.3 Å². The van der Waals surface area contributed by atoms with Crippen molar-refractivity contribution in [3.8, 4) is 0 Å². The summed E-state index contributed by atoms with van der Waals surface area (Å²) in [6, 6.07) is 0. The highest BCUT2D eigenvalue weighted by Gasteiger charge is 2.48. The van der Waals surface area contributed by atoms with Crippen molar-refractivity contribution >= 4 is 5.97 Å². The highest BCUT2D eigenvalue weighted by atomic mass is 16.6. The fourth-order valence-corrected chi connectivity index (χ4v) is 1.66. The van der Waals surface area contributed by atoms with Crippen LogP contribution in [0.1, 0.15) is 12.8 Å². The average Bonchev–Trinajstić information content (AvgIpc) is 2.62. The van der Waals surface area contributed by atoms with Crippen molar-refractivity contribution in [2.75, 3.05) is 7.11 Å². The van der Waals surface area contributed by atoms with Crippen LogP contribution in [0.4, 0.5) is 0 Å². The van der Waals surface area contributed by atoms with Crippen LogP contribution in [0.3, 0.4) is 0 Å². The molecule has 2 heterocycles. The van der Waals surface area contributed by atoms with E-state index >= 15 is 0 Å². The molecule has 0 amide bonds. The second kappa shape index (κ2) is 2.08. The molecule has 0 aromatic heterocycles. The summed E-state index contributed by atoms with van der Waals surface area (Å²) in [4.78, 5) is 11.2. The molecular formula is C8H10O3. The molecule has 11 heavy (non-hydrogen) atoms. The maximum atomic E-state index is 11.2. The molecule has 3 heteroatoms. The van der Waals surface area contributed by atoms with E-state index in [1.165, 1.54) is 7.11 Å². The number of ether oxygens (including phenoxy) is 2. The maximum Gasteiger partial charge on any atom is 0.342 e. The first kappa shape index (κ1) is 6.85. The first-order valence-corrected chi connectivity index (χ1v) is 3.72. The topological polar surface area (TPSA) is 35.5 Å². The van der Waals surface area contributed by atoms with E-state index in [1.54, 1.807) is 0 Å². The van der Waals surface area contributed by atoms with Crippen molar-refractivity contribution in [1.29, 1.82) is 0 Å². The minimum absolute atomic E-state index is 0.147. The van der Waals surface area contributed by atoms with Crippen LogP contribution in [0.2, 0.25) is 0 Å². The normalized spacial score (nSPS) is 39.5. The number of rotatable bonds is 1. The summed E-state index contributed by atoms with van der Waals surface area (Å²) < 4.78 is 10.1. The zero-order valence-corrected chi connectivity index (χ0v) is 6.37. The van der Waals surface area contributed by atoms with Gasteiger partial charge >= 0.3 is 5.97 Å². The van der Waals surface area contributed by atoms with Crippen molar-refractivity contribution in [2.24, 2.45) is 0 Å². The second-order valence-corrected chi connectivity index (χ2v) is 2.94. The Hall–Kier alpha value is -0.830. The summed E-state index contributed by atoms with van der Waals surface area (Å²) in [6.07, 6.45) is 5.59. The monoisotopic (exact) mass is 154 g/mol. The highest BCUT2D eigenvalue weighted by Crippen LogP contribution is 2.38. The lowest BCUT2D eigenvalue weighted by Gasteiger charge is -2.17. The largest absolute Gasteiger partial charge is 0.467 e. The lowest BCUT2D eigenvalue weighted by Crippen LogP contribution is -2.35. The van der Waals surface area contributed by atoms with Crippen molar-refractivity contribution in [2.45, 2.75) is 24.5 Å². The van der Waals surface area contributed by atoms with Crippen LogP contribution in [-0.4, -0.2) is 24.8 Å². The minimum Gasteiger partial charge on any atom is -0.467 e. The van der Waals surface area contributed by atoms with Crippen LogP contribution >= 0.6 is 0 Å². The summed E-state index contributed by atoms with van der Waals surface area (Å²) >= 11 is 0. The van der Waals surface area contributed by atoms with E-state index in [4.69, 9.17) is 4.74 Å². The van der Waals surface area contributed by atoms with Crippen LogP contribution in [0.5, 0.6) is 0 Å². The molecule has 0 aromatic carbocycles. The first-order chi connectivity index (χ1) is 5.27. The molecule has 0 saturated carbocycles. The Labute approximate surface area is 65.0 Å². The Morgan fingerprint density at radius 3 is 3.00 bits per heavy atom. The smallest absolute Gasteiger partial charge is 0.342 e. The van der Waals surface area contributed by atoms with Crippen LogP contribution in [0.15, 0.2) is 12.2 Å². The third-order valence-corrected chi connectivity index (χ3v) is 2.27. The average molecular weight is 154 g/mol. The molecule has 2 rings (SSSR count). The molecule has 0 N–H and O–H groups in total. The predicted molar refractivity (Wildman–Crippen MR) is 38.0 cm³/mol. The van der Waals surface area contributed by atoms with Gasteiger partial charge in [-0.2, -0.15) is 0 Å². The molecule has 0 spiro atoms. The number of esters is 1. The van der Waals surface area contributed by atoms with Gasteiger partial charge in [-0.15, -0.1) is 0 Å². The summed E-state index contributed by atoms with van der Waals surface area (Å²) in [7, 11) is 1.39. The molecule has 0 aromatic rings. The van der Waals surface area contributed by atoms with Gasteiger partial charge in [0.15, 0.2) is 5.60 Å². The Morgan fingerprint density at radius 2 is 2.64 bits per heavy atom. The molecule has 3 nitrogen and oxygen atoms in total. The number of methoxy groups -OCH3 is 1. The van der Waals surface area contributed by atoms with Crippen molar-refractivity contribution in [3.05, 3.63) is 12.2 Å². The van der Waals surface area contributed by atoms with Gasteiger partial charge in [0.05, 0.1) is 13.2 Å². The van der Waals surface area contributed by atoms with E-state index < -0.39 is 5.60 Å². The van der Waals surface area contributed by atoms with Gasteiger partial charge in [0.2, 0.25) is 0 Å². The Kier molecular flexibility index (Phi) is 1.29. The molecule has 2 atom stereocenters. The number of carbonyl (C=O) groups is 1. The van der Waals surface area contributed by atoms with Crippen LogP contribution < -0.4 is 0 Å². The quantitative estimate of drug-likeness (QED) is 0.411. The Morgan fingerprint density at radius 1 is 1.82 bits per heavy atom. The summed E-state index contributed by atoms with van der Waals surface area (Å²) in [5, 5.41) is 0. The molecule has 2 aliphatic heterocycles. The van der Waals surface area contributed by atoms with Gasteiger partial charge < -0.3 is 9.47 Å². The fraction of sp³-hybridized carbons (Fsp3) is 0.625. The van der Waals surface area contributed by atoms with Crippen LogP contribution in [-0.2, 0) is 14.3 Å². The van der Waals surface area contributed by atoms with E-state index in [9.17, 15) is 4.79 Å². The molecule has 2 aliphatic rings. The van der Waals surface area contributed by atoms with Crippen LogP contribution in [0, 0.1) is 0 Å². The molecule has 2 bridgehead atoms. The van der Waals surface area contributed by atoms with Gasteiger partial charge in [0.25, 0.3) is 0 Å². The van der Waals surface area contributed by atoms with E-state index in [1.807, 2.05) is 12.2 Å². The second-order valence-electron chi connectivity index (χ2n) is 2.94. The lowest BCUT2D eigenvalue weighted by molar-refractivity contribution is -0.158. The van der Waals surface area contributed by atoms with E-state index in [0.717, 1.165) is 12.8 Å². The number of carbonyl (C=O) groups excluding carboxylic acids is 1. The number of hydrogen-bond acceptors (Lipinski definition) is 3. The minimum atomic E-state index is -0.723. The predicted octanol–water partition coefficient (Wildman–Crippen LogP) is 0.647. The summed E-state index contributed by atoms with van der Waals surface area (Å²) in [6.45, 7) is 0. The molecule has 1 fully saturated rings. The van der Waals surface area contributed by atoms with Crippen LogP contribution in [0.25, 0.3) is 0 Å². The van der Waals surface area contributed by atoms with E-state index in [2.05, 4.69) is 4.74 Å². The SMILES string of the molecule is COC(=O)C12C=CC(CC1)O2. The van der Waals surface area contributed by atoms with Gasteiger partial charge in [-0.25, -0.2) is 4.79 Å². The Balaban J connectivity index is 2.23. The third kappa shape index (κ3) is 0.807. The van der Waals surface area contributed by atoms with Gasteiger partial charge in [0, 0.05) is 0 Å². The highest BCUT2D eigenvalue weighted by molar-refractivity contribution is 5.83. The van der Waals surface area contributed by atoms with Gasteiger partial charge in [-0.05, 0) is 18.9 Å². The molecule has 60 valence electrons. The zero-order chi connectivity index (χ0) is 7.90. The molecular weight excluding hydrogens is 144 g/mol. The molecule has 0 radical (unpaired) electrons. The van der Waals surface area contributed by atoms with Gasteiger partial charge in [-0.3, -0.25) is 0 Å². The lowest BCUT2D eigenvalue weighted by atomic mass is 9.95. The van der Waals surface area contributed by atoms with Crippen molar-refractivity contribution in [1.82, 2.24) is 0 Å². The fourth-order valence-electron chi connectivity index (χ4n) is 1.66. The van der Waals surface area contributed by atoms with Crippen molar-refractivity contribution in [3.63, 3.8) is 0 Å². The number of fused-ring (bicyclic) bond motifs is 2. The van der Waals surface area contributed by atoms with Gasteiger partial charge in [-0.1, -0.05) is 6.08 Å². The van der Waals surface area contributed by atoms with Gasteiger partial charge in [0.1, 0.15) is 0 Å².